The van der Waals surface area contributed by atoms with Crippen molar-refractivity contribution >= 4 is 27.0 Å². The molecular weight excluding hydrogens is 322 g/mol. The highest BCUT2D eigenvalue weighted by Crippen LogP contribution is 2.33. The number of ether oxygens (including phenoxy) is 2. The number of anilines is 1. The van der Waals surface area contributed by atoms with Crippen molar-refractivity contribution in [3.05, 3.63) is 35.2 Å². The van der Waals surface area contributed by atoms with Gasteiger partial charge in [0.05, 0.1) is 18.9 Å². The average Bonchev–Trinajstić information content (AvgIpc) is 2.87. The molecule has 0 spiro atoms. The van der Waals surface area contributed by atoms with E-state index in [4.69, 9.17) is 9.47 Å². The summed E-state index contributed by atoms with van der Waals surface area (Å²) >= 11 is 1.28. The van der Waals surface area contributed by atoms with Crippen LogP contribution in [0, 0.1) is 0 Å². The highest BCUT2D eigenvalue weighted by atomic mass is 32.2. The Morgan fingerprint density at radius 3 is 2.64 bits per heavy atom. The maximum Gasteiger partial charge on any atom is 0.271 e. The summed E-state index contributed by atoms with van der Waals surface area (Å²) in [6, 6.07) is 8.54. The van der Waals surface area contributed by atoms with Gasteiger partial charge >= 0.3 is 0 Å². The van der Waals surface area contributed by atoms with Crippen LogP contribution in [0.3, 0.4) is 0 Å². The zero-order valence-corrected chi connectivity index (χ0v) is 13.8. The Morgan fingerprint density at radius 1 is 1.14 bits per heavy atom. The number of aryl methyl sites for hydroxylation is 1. The lowest BCUT2D eigenvalue weighted by Gasteiger charge is -2.10. The predicted octanol–water partition coefficient (Wildman–Crippen LogP) is 3.27. The summed E-state index contributed by atoms with van der Waals surface area (Å²) in [5, 5.41) is 0. The van der Waals surface area contributed by atoms with Crippen molar-refractivity contribution in [3.8, 4) is 11.5 Å². The smallest absolute Gasteiger partial charge is 0.271 e. The molecule has 2 heterocycles. The SMILES string of the molecule is CCc1ccc(S(=O)(=O)Nc2ccc3c(c2)OCCCO3)s1. The number of nitrogens with one attached hydrogen (secondary N) is 1. The zero-order valence-electron chi connectivity index (χ0n) is 12.2. The third-order valence-electron chi connectivity index (χ3n) is 3.25. The Labute approximate surface area is 133 Å². The van der Waals surface area contributed by atoms with Gasteiger partial charge in [0.15, 0.2) is 11.5 Å². The summed E-state index contributed by atoms with van der Waals surface area (Å²) in [6.45, 7) is 3.17. The Bertz CT molecular complexity index is 768. The predicted molar refractivity (Wildman–Crippen MR) is 86.6 cm³/mol. The van der Waals surface area contributed by atoms with E-state index in [1.807, 2.05) is 13.0 Å². The summed E-state index contributed by atoms with van der Waals surface area (Å²) < 4.78 is 38.8. The van der Waals surface area contributed by atoms with Crippen molar-refractivity contribution in [3.63, 3.8) is 0 Å². The van der Waals surface area contributed by atoms with Crippen molar-refractivity contribution in [1.82, 2.24) is 0 Å². The highest BCUT2D eigenvalue weighted by Gasteiger charge is 2.18. The third kappa shape index (κ3) is 3.20. The van der Waals surface area contributed by atoms with E-state index in [9.17, 15) is 8.42 Å². The first-order valence-corrected chi connectivity index (χ1v) is 9.39. The second-order valence-electron chi connectivity index (χ2n) is 4.89. The standard InChI is InChI=1S/C15H17NO4S2/c1-2-12-5-7-15(21-12)22(17,18)16-11-4-6-13-14(10-11)20-9-3-8-19-13/h4-7,10,16H,2-3,8-9H2,1H3. The topological polar surface area (TPSA) is 64.6 Å². The van der Waals surface area contributed by atoms with Gasteiger partial charge in [-0.2, -0.15) is 0 Å². The molecule has 1 aliphatic rings. The van der Waals surface area contributed by atoms with Gasteiger partial charge in [-0.05, 0) is 30.7 Å². The number of benzene rings is 1. The van der Waals surface area contributed by atoms with E-state index in [2.05, 4.69) is 4.72 Å². The van der Waals surface area contributed by atoms with Crippen LogP contribution in [0.5, 0.6) is 11.5 Å². The molecule has 3 rings (SSSR count). The molecule has 0 aliphatic carbocycles. The second kappa shape index (κ2) is 6.18. The minimum absolute atomic E-state index is 0.316. The molecule has 1 aromatic carbocycles. The highest BCUT2D eigenvalue weighted by molar-refractivity contribution is 7.94. The van der Waals surface area contributed by atoms with Crippen LogP contribution in [0.15, 0.2) is 34.5 Å². The molecule has 5 nitrogen and oxygen atoms in total. The Hall–Kier alpha value is -1.73. The van der Waals surface area contributed by atoms with Crippen LogP contribution >= 0.6 is 11.3 Å². The molecule has 0 bridgehead atoms. The van der Waals surface area contributed by atoms with E-state index in [0.29, 0.717) is 34.6 Å². The van der Waals surface area contributed by atoms with Gasteiger partial charge < -0.3 is 9.47 Å². The number of sulfonamides is 1. The van der Waals surface area contributed by atoms with E-state index < -0.39 is 10.0 Å². The van der Waals surface area contributed by atoms with Gasteiger partial charge in [-0.15, -0.1) is 11.3 Å². The number of rotatable bonds is 4. The largest absolute Gasteiger partial charge is 0.490 e. The van der Waals surface area contributed by atoms with Gasteiger partial charge in [0.25, 0.3) is 10.0 Å². The molecule has 0 fully saturated rings. The normalized spacial score (nSPS) is 14.4. The number of hydrogen-bond donors (Lipinski definition) is 1. The Kier molecular flexibility index (Phi) is 4.26. The van der Waals surface area contributed by atoms with E-state index >= 15 is 0 Å². The fraction of sp³-hybridized carbons (Fsp3) is 0.333. The first-order chi connectivity index (χ1) is 10.6. The summed E-state index contributed by atoms with van der Waals surface area (Å²) in [6.07, 6.45) is 1.63. The van der Waals surface area contributed by atoms with Crippen LogP contribution in [0.2, 0.25) is 0 Å². The maximum atomic E-state index is 12.4. The lowest BCUT2D eigenvalue weighted by Crippen LogP contribution is -2.11. The minimum atomic E-state index is -3.57. The van der Waals surface area contributed by atoms with Gasteiger partial charge in [-0.3, -0.25) is 4.72 Å². The van der Waals surface area contributed by atoms with Gasteiger partial charge in [0.1, 0.15) is 4.21 Å². The second-order valence-corrected chi connectivity index (χ2v) is 7.97. The van der Waals surface area contributed by atoms with Crippen molar-refractivity contribution in [2.75, 3.05) is 17.9 Å². The number of thiophene rings is 1. The molecule has 0 unspecified atom stereocenters. The molecule has 1 aromatic heterocycles. The summed E-state index contributed by atoms with van der Waals surface area (Å²) in [7, 11) is -3.57. The quantitative estimate of drug-likeness (QED) is 0.928. The van der Waals surface area contributed by atoms with E-state index in [1.165, 1.54) is 11.3 Å². The van der Waals surface area contributed by atoms with E-state index in [1.54, 1.807) is 24.3 Å². The van der Waals surface area contributed by atoms with Gasteiger partial charge in [-0.25, -0.2) is 8.42 Å². The summed E-state index contributed by atoms with van der Waals surface area (Å²) in [5.74, 6) is 1.21. The van der Waals surface area contributed by atoms with Crippen molar-refractivity contribution in [2.45, 2.75) is 24.0 Å². The Morgan fingerprint density at radius 2 is 1.91 bits per heavy atom. The van der Waals surface area contributed by atoms with Crippen molar-refractivity contribution in [1.29, 1.82) is 0 Å². The van der Waals surface area contributed by atoms with Crippen LogP contribution in [-0.2, 0) is 16.4 Å². The molecule has 118 valence electrons. The van der Waals surface area contributed by atoms with Gasteiger partial charge in [-0.1, -0.05) is 6.92 Å². The molecule has 0 radical (unpaired) electrons. The van der Waals surface area contributed by atoms with Crippen molar-refractivity contribution in [2.24, 2.45) is 0 Å². The first kappa shape index (κ1) is 15.2. The van der Waals surface area contributed by atoms with E-state index in [0.717, 1.165) is 17.7 Å². The summed E-state index contributed by atoms with van der Waals surface area (Å²) in [4.78, 5) is 1.04. The molecule has 0 atom stereocenters. The molecule has 0 saturated carbocycles. The number of hydrogen-bond acceptors (Lipinski definition) is 5. The first-order valence-electron chi connectivity index (χ1n) is 7.09. The molecule has 1 N–H and O–H groups in total. The van der Waals surface area contributed by atoms with Crippen LogP contribution in [0.25, 0.3) is 0 Å². The molecule has 0 amide bonds. The monoisotopic (exact) mass is 339 g/mol. The zero-order chi connectivity index (χ0) is 15.6. The molecule has 7 heteroatoms. The lowest BCUT2D eigenvalue weighted by atomic mass is 10.3. The average molecular weight is 339 g/mol. The Balaban J connectivity index is 1.84. The molecule has 22 heavy (non-hydrogen) atoms. The van der Waals surface area contributed by atoms with E-state index in [-0.39, 0.29) is 0 Å². The van der Waals surface area contributed by atoms with Crippen LogP contribution in [0.1, 0.15) is 18.2 Å². The molecule has 2 aromatic rings. The summed E-state index contributed by atoms with van der Waals surface area (Å²) in [5.41, 5.74) is 0.468. The molecule has 0 saturated heterocycles. The minimum Gasteiger partial charge on any atom is -0.490 e. The molecule has 1 aliphatic heterocycles. The van der Waals surface area contributed by atoms with Gasteiger partial charge in [0.2, 0.25) is 0 Å². The lowest BCUT2D eigenvalue weighted by molar-refractivity contribution is 0.297. The van der Waals surface area contributed by atoms with Gasteiger partial charge in [0, 0.05) is 17.4 Å². The third-order valence-corrected chi connectivity index (χ3v) is 6.35. The maximum absolute atomic E-state index is 12.4. The fourth-order valence-corrected chi connectivity index (χ4v) is 4.47. The van der Waals surface area contributed by atoms with Crippen LogP contribution < -0.4 is 14.2 Å². The fourth-order valence-electron chi connectivity index (χ4n) is 2.12. The molecular formula is C15H17NO4S2. The van der Waals surface area contributed by atoms with Crippen molar-refractivity contribution < 1.29 is 17.9 Å². The van der Waals surface area contributed by atoms with Crippen LogP contribution in [-0.4, -0.2) is 21.6 Å². The number of fused-ring (bicyclic) bond motifs is 1. The van der Waals surface area contributed by atoms with Crippen LogP contribution in [0.4, 0.5) is 5.69 Å².